The number of carbonyl (C=O) groups is 1. The molecule has 0 bridgehead atoms. The summed E-state index contributed by atoms with van der Waals surface area (Å²) in [6.07, 6.45) is 2.76. The van der Waals surface area contributed by atoms with Gasteiger partial charge in [-0.15, -0.1) is 0 Å². The molecule has 5 nitrogen and oxygen atoms in total. The zero-order chi connectivity index (χ0) is 16.8. The second-order valence-electron chi connectivity index (χ2n) is 5.53. The molecule has 124 valence electrons. The summed E-state index contributed by atoms with van der Waals surface area (Å²) in [6.45, 7) is 7.86. The summed E-state index contributed by atoms with van der Waals surface area (Å²) in [6, 6.07) is 1.15. The quantitative estimate of drug-likeness (QED) is 0.932. The van der Waals surface area contributed by atoms with Gasteiger partial charge in [0.25, 0.3) is 5.91 Å². The topological polar surface area (TPSA) is 54.5 Å². The van der Waals surface area contributed by atoms with Gasteiger partial charge in [-0.25, -0.2) is 9.37 Å². The number of nitrogens with one attached hydrogen (secondary N) is 1. The molecule has 2 rings (SSSR count). The normalized spacial score (nSPS) is 17.2. The molecule has 0 aliphatic carbocycles. The van der Waals surface area contributed by atoms with Gasteiger partial charge in [0.1, 0.15) is 11.4 Å². The number of methoxy groups -OCH3 is 1. The average Bonchev–Trinajstić information content (AvgIpc) is 2.52. The van der Waals surface area contributed by atoms with Crippen molar-refractivity contribution in [2.45, 2.75) is 39.2 Å². The maximum Gasteiger partial charge on any atom is 0.257 e. The number of halogens is 1. The monoisotopic (exact) mass is 311 g/mol. The lowest BCUT2D eigenvalue weighted by molar-refractivity contribution is 0.0847. The second-order valence-corrected chi connectivity index (χ2v) is 5.53. The van der Waals surface area contributed by atoms with E-state index in [1.54, 1.807) is 0 Å². The number of hydrogen-bond acceptors (Lipinski definition) is 4. The van der Waals surface area contributed by atoms with Gasteiger partial charge in [0.15, 0.2) is 0 Å². The first-order valence-corrected chi connectivity index (χ1v) is 7.64. The van der Waals surface area contributed by atoms with Crippen LogP contribution in [0.15, 0.2) is 12.3 Å². The zero-order valence-corrected chi connectivity index (χ0v) is 14.1. The number of likely N-dealkylation sites (tertiary alicyclic amines) is 1. The Balaban J connectivity index is 0.00000116. The number of piperidine rings is 1. The molecule has 6 heteroatoms. The number of amides is 1. The van der Waals surface area contributed by atoms with Crippen LogP contribution in [-0.4, -0.2) is 48.6 Å². The van der Waals surface area contributed by atoms with Crippen LogP contribution in [-0.2, 0) is 0 Å². The van der Waals surface area contributed by atoms with Crippen molar-refractivity contribution in [2.75, 3.05) is 27.2 Å². The largest absolute Gasteiger partial charge is 0.480 e. The molecule has 0 atom stereocenters. The Morgan fingerprint density at radius 1 is 1.41 bits per heavy atom. The first-order valence-electron chi connectivity index (χ1n) is 7.64. The smallest absolute Gasteiger partial charge is 0.257 e. The highest BCUT2D eigenvalue weighted by molar-refractivity contribution is 5.96. The van der Waals surface area contributed by atoms with Crippen LogP contribution in [0.2, 0.25) is 0 Å². The Morgan fingerprint density at radius 3 is 2.55 bits per heavy atom. The van der Waals surface area contributed by atoms with E-state index in [1.165, 1.54) is 7.11 Å². The molecular weight excluding hydrogens is 285 g/mol. The van der Waals surface area contributed by atoms with Crippen molar-refractivity contribution >= 4 is 5.91 Å². The van der Waals surface area contributed by atoms with Crippen molar-refractivity contribution in [3.05, 3.63) is 23.6 Å². The molecule has 1 saturated heterocycles. The number of rotatable bonds is 3. The molecule has 1 amide bonds. The number of nitrogens with zero attached hydrogens (tertiary/aromatic N) is 2. The molecule has 1 fully saturated rings. The fraction of sp³-hybridized carbons (Fsp3) is 0.625. The van der Waals surface area contributed by atoms with E-state index in [9.17, 15) is 9.18 Å². The predicted molar refractivity (Wildman–Crippen MR) is 84.7 cm³/mol. The van der Waals surface area contributed by atoms with Crippen LogP contribution >= 0.6 is 0 Å². The molecule has 0 spiro atoms. The first-order chi connectivity index (χ1) is 10.4. The van der Waals surface area contributed by atoms with Crippen LogP contribution in [0, 0.1) is 5.82 Å². The summed E-state index contributed by atoms with van der Waals surface area (Å²) in [5, 5.41) is 2.98. The molecule has 1 aliphatic heterocycles. The lowest BCUT2D eigenvalue weighted by Gasteiger charge is -2.38. The highest BCUT2D eigenvalue weighted by atomic mass is 19.1. The molecule has 1 N–H and O–H groups in total. The number of carbonyl (C=O) groups excluding carboxylic acids is 1. The van der Waals surface area contributed by atoms with Crippen molar-refractivity contribution < 1.29 is 13.9 Å². The van der Waals surface area contributed by atoms with Crippen molar-refractivity contribution in [3.63, 3.8) is 0 Å². The van der Waals surface area contributed by atoms with Gasteiger partial charge in [-0.3, -0.25) is 4.79 Å². The highest BCUT2D eigenvalue weighted by Gasteiger charge is 2.31. The molecule has 2 heterocycles. The number of ether oxygens (including phenoxy) is 1. The molecule has 1 aromatic rings. The summed E-state index contributed by atoms with van der Waals surface area (Å²) in [5.74, 6) is -0.759. The lowest BCUT2D eigenvalue weighted by Crippen LogP contribution is -2.52. The minimum absolute atomic E-state index is 0.132. The first kappa shape index (κ1) is 18.4. The Labute approximate surface area is 131 Å². The third kappa shape index (κ3) is 4.66. The van der Waals surface area contributed by atoms with Gasteiger partial charge in [-0.1, -0.05) is 13.8 Å². The van der Waals surface area contributed by atoms with Crippen molar-refractivity contribution in [3.8, 4) is 5.88 Å². The van der Waals surface area contributed by atoms with Gasteiger partial charge >= 0.3 is 0 Å². The zero-order valence-electron chi connectivity index (χ0n) is 14.1. The summed E-state index contributed by atoms with van der Waals surface area (Å²) in [5.41, 5.74) is -0.145. The number of hydrogen-bond donors (Lipinski definition) is 1. The third-order valence-corrected chi connectivity index (χ3v) is 3.76. The van der Waals surface area contributed by atoms with E-state index >= 15 is 0 Å². The van der Waals surface area contributed by atoms with Crippen LogP contribution < -0.4 is 10.1 Å². The standard InChI is InChI=1S/C14H20FN3O2.C2H6/c1-14(4-6-18(2)7-5-14)17-12(19)11-8-10(15)9-16-13(11)20-3;1-2/h8-9H,4-7H2,1-3H3,(H,17,19);1-2H3. The van der Waals surface area contributed by atoms with Gasteiger partial charge in [0.05, 0.1) is 13.3 Å². The van der Waals surface area contributed by atoms with Gasteiger partial charge in [-0.2, -0.15) is 0 Å². The van der Waals surface area contributed by atoms with E-state index in [-0.39, 0.29) is 22.9 Å². The molecule has 0 unspecified atom stereocenters. The number of aromatic nitrogens is 1. The van der Waals surface area contributed by atoms with E-state index in [2.05, 4.69) is 22.2 Å². The maximum absolute atomic E-state index is 13.3. The molecule has 0 saturated carbocycles. The fourth-order valence-corrected chi connectivity index (χ4v) is 2.33. The second kappa shape index (κ2) is 8.08. The molecule has 0 radical (unpaired) electrons. The van der Waals surface area contributed by atoms with E-state index in [1.807, 2.05) is 20.8 Å². The van der Waals surface area contributed by atoms with Crippen molar-refractivity contribution in [2.24, 2.45) is 0 Å². The minimum Gasteiger partial charge on any atom is -0.480 e. The Hall–Kier alpha value is -1.69. The highest BCUT2D eigenvalue weighted by Crippen LogP contribution is 2.23. The predicted octanol–water partition coefficient (Wildman–Crippen LogP) is 2.47. The van der Waals surface area contributed by atoms with Crippen LogP contribution in [0.3, 0.4) is 0 Å². The minimum atomic E-state index is -0.551. The van der Waals surface area contributed by atoms with Gasteiger partial charge in [0.2, 0.25) is 5.88 Å². The molecular formula is C16H26FN3O2. The molecule has 0 aromatic carbocycles. The van der Waals surface area contributed by atoms with Gasteiger partial charge < -0.3 is 15.0 Å². The Kier molecular flexibility index (Phi) is 6.74. The van der Waals surface area contributed by atoms with Crippen LogP contribution in [0.4, 0.5) is 4.39 Å². The fourth-order valence-electron chi connectivity index (χ4n) is 2.33. The van der Waals surface area contributed by atoms with Crippen LogP contribution in [0.5, 0.6) is 5.88 Å². The van der Waals surface area contributed by atoms with E-state index in [0.29, 0.717) is 0 Å². The van der Waals surface area contributed by atoms with Crippen molar-refractivity contribution in [1.29, 1.82) is 0 Å². The molecule has 1 aliphatic rings. The summed E-state index contributed by atoms with van der Waals surface area (Å²) in [7, 11) is 3.47. The van der Waals surface area contributed by atoms with Gasteiger partial charge in [0, 0.05) is 18.6 Å². The Morgan fingerprint density at radius 2 is 2.00 bits per heavy atom. The van der Waals surface area contributed by atoms with Gasteiger partial charge in [-0.05, 0) is 32.9 Å². The van der Waals surface area contributed by atoms with E-state index in [0.717, 1.165) is 38.2 Å². The van der Waals surface area contributed by atoms with Crippen LogP contribution in [0.1, 0.15) is 44.0 Å². The SMILES string of the molecule is CC.COc1ncc(F)cc1C(=O)NC1(C)CCN(C)CC1. The van der Waals surface area contributed by atoms with Crippen molar-refractivity contribution in [1.82, 2.24) is 15.2 Å². The summed E-state index contributed by atoms with van der Waals surface area (Å²) < 4.78 is 18.3. The summed E-state index contributed by atoms with van der Waals surface area (Å²) in [4.78, 5) is 18.3. The molecule has 22 heavy (non-hydrogen) atoms. The average molecular weight is 311 g/mol. The van der Waals surface area contributed by atoms with E-state index in [4.69, 9.17) is 4.74 Å². The van der Waals surface area contributed by atoms with E-state index < -0.39 is 5.82 Å². The van der Waals surface area contributed by atoms with Crippen LogP contribution in [0.25, 0.3) is 0 Å². The summed E-state index contributed by atoms with van der Waals surface area (Å²) >= 11 is 0. The number of pyridine rings is 1. The Bertz CT molecular complexity index is 500. The maximum atomic E-state index is 13.3. The third-order valence-electron chi connectivity index (χ3n) is 3.76. The molecule has 1 aromatic heterocycles. The lowest BCUT2D eigenvalue weighted by atomic mass is 9.89.